The first-order valence-electron chi connectivity index (χ1n) is 10.2. The van der Waals surface area contributed by atoms with Crippen molar-refractivity contribution in [3.8, 4) is 5.75 Å². The van der Waals surface area contributed by atoms with E-state index in [0.29, 0.717) is 6.54 Å². The Labute approximate surface area is 178 Å². The second-order valence-electron chi connectivity index (χ2n) is 7.41. The van der Waals surface area contributed by atoms with Crippen molar-refractivity contribution in [2.75, 3.05) is 58.8 Å². The summed E-state index contributed by atoms with van der Waals surface area (Å²) in [5.41, 5.74) is 2.25. The smallest absolute Gasteiger partial charge is 0.241 e. The number of ether oxygens (including phenoxy) is 1. The molecule has 0 spiro atoms. The Kier molecular flexibility index (Phi) is 7.54. The van der Waals surface area contributed by atoms with Crippen LogP contribution in [0.4, 0.5) is 5.69 Å². The molecule has 0 aliphatic carbocycles. The summed E-state index contributed by atoms with van der Waals surface area (Å²) in [5, 5.41) is 3.26. The number of aliphatic imine (C=N–C) groups is 1. The molecular weight excluding hydrogens is 378 g/mol. The van der Waals surface area contributed by atoms with Crippen LogP contribution in [-0.4, -0.2) is 75.6 Å². The van der Waals surface area contributed by atoms with Crippen LogP contribution in [0, 0.1) is 0 Å². The Morgan fingerprint density at radius 3 is 2.37 bits per heavy atom. The molecule has 1 heterocycles. The molecule has 7 heteroatoms. The molecule has 1 saturated heterocycles. The number of methoxy groups -OCH3 is 1. The standard InChI is InChI=1S/C23H31N5O2/c1-26(2)22(29)18-25-23(24-17-19-9-5-4-6-10-19)28-15-13-27(14-16-28)20-11-7-8-12-21(20)30-3/h4-12H,13-18H2,1-3H3,(H,24,25). The fraction of sp³-hybridized carbons (Fsp3) is 0.391. The third-order valence-electron chi connectivity index (χ3n) is 5.16. The summed E-state index contributed by atoms with van der Waals surface area (Å²) >= 11 is 0. The van der Waals surface area contributed by atoms with E-state index in [2.05, 4.69) is 33.3 Å². The lowest BCUT2D eigenvalue weighted by atomic mass is 10.2. The summed E-state index contributed by atoms with van der Waals surface area (Å²) in [5.74, 6) is 1.68. The lowest BCUT2D eigenvalue weighted by Crippen LogP contribution is -2.53. The summed E-state index contributed by atoms with van der Waals surface area (Å²) < 4.78 is 5.51. The summed E-state index contributed by atoms with van der Waals surface area (Å²) in [6.45, 7) is 4.14. The Morgan fingerprint density at radius 1 is 1.03 bits per heavy atom. The first-order chi connectivity index (χ1) is 14.6. The Morgan fingerprint density at radius 2 is 1.70 bits per heavy atom. The molecule has 0 bridgehead atoms. The Bertz CT molecular complexity index is 846. The van der Waals surface area contributed by atoms with E-state index < -0.39 is 0 Å². The number of hydrogen-bond acceptors (Lipinski definition) is 4. The van der Waals surface area contributed by atoms with E-state index in [0.717, 1.165) is 49.1 Å². The SMILES string of the molecule is COc1ccccc1N1CCN(C(=NCc2ccccc2)NCC(=O)N(C)C)CC1. The van der Waals surface area contributed by atoms with Gasteiger partial charge in [-0.1, -0.05) is 42.5 Å². The fourth-order valence-corrected chi connectivity index (χ4v) is 3.38. The molecule has 0 aromatic heterocycles. The molecule has 1 fully saturated rings. The van der Waals surface area contributed by atoms with Gasteiger partial charge in [-0.2, -0.15) is 0 Å². The minimum Gasteiger partial charge on any atom is -0.495 e. The van der Waals surface area contributed by atoms with Crippen molar-refractivity contribution in [1.82, 2.24) is 15.1 Å². The molecule has 0 atom stereocenters. The van der Waals surface area contributed by atoms with Gasteiger partial charge < -0.3 is 24.8 Å². The van der Waals surface area contributed by atoms with Gasteiger partial charge in [0, 0.05) is 40.3 Å². The zero-order valence-corrected chi connectivity index (χ0v) is 18.0. The monoisotopic (exact) mass is 409 g/mol. The van der Waals surface area contributed by atoms with Crippen LogP contribution < -0.4 is 15.0 Å². The van der Waals surface area contributed by atoms with Crippen molar-refractivity contribution >= 4 is 17.6 Å². The van der Waals surface area contributed by atoms with Gasteiger partial charge in [0.1, 0.15) is 5.75 Å². The van der Waals surface area contributed by atoms with Gasteiger partial charge in [0.05, 0.1) is 25.9 Å². The van der Waals surface area contributed by atoms with Gasteiger partial charge in [-0.3, -0.25) is 4.79 Å². The second kappa shape index (κ2) is 10.5. The molecule has 2 aromatic rings. The number of guanidine groups is 1. The zero-order chi connectivity index (χ0) is 21.3. The molecule has 30 heavy (non-hydrogen) atoms. The molecule has 1 N–H and O–H groups in total. The highest BCUT2D eigenvalue weighted by Crippen LogP contribution is 2.28. The van der Waals surface area contributed by atoms with Crippen LogP contribution in [0.5, 0.6) is 5.75 Å². The highest BCUT2D eigenvalue weighted by Gasteiger charge is 2.22. The largest absolute Gasteiger partial charge is 0.495 e. The molecule has 3 rings (SSSR count). The molecule has 160 valence electrons. The fourth-order valence-electron chi connectivity index (χ4n) is 3.38. The summed E-state index contributed by atoms with van der Waals surface area (Å²) in [6.07, 6.45) is 0. The number of nitrogens with zero attached hydrogens (tertiary/aromatic N) is 4. The van der Waals surface area contributed by atoms with Crippen LogP contribution in [0.15, 0.2) is 59.6 Å². The third kappa shape index (κ3) is 5.65. The highest BCUT2D eigenvalue weighted by molar-refractivity contribution is 5.86. The topological polar surface area (TPSA) is 60.4 Å². The maximum absolute atomic E-state index is 12.1. The summed E-state index contributed by atoms with van der Waals surface area (Å²) in [7, 11) is 5.22. The number of hydrogen-bond donors (Lipinski definition) is 1. The number of carbonyl (C=O) groups excluding carboxylic acids is 1. The van der Waals surface area contributed by atoms with Gasteiger partial charge in [-0.05, 0) is 17.7 Å². The molecule has 0 radical (unpaired) electrons. The molecule has 7 nitrogen and oxygen atoms in total. The summed E-state index contributed by atoms with van der Waals surface area (Å²) in [6, 6.07) is 18.2. The average Bonchev–Trinajstić information content (AvgIpc) is 2.79. The molecule has 1 aliphatic rings. The number of amides is 1. The predicted octanol–water partition coefficient (Wildman–Crippen LogP) is 2.05. The van der Waals surface area contributed by atoms with Crippen LogP contribution in [0.1, 0.15) is 5.56 Å². The van der Waals surface area contributed by atoms with Crippen LogP contribution >= 0.6 is 0 Å². The molecule has 1 amide bonds. The van der Waals surface area contributed by atoms with Crippen molar-refractivity contribution < 1.29 is 9.53 Å². The number of rotatable bonds is 6. The minimum absolute atomic E-state index is 0.0232. The minimum atomic E-state index is 0.0232. The van der Waals surface area contributed by atoms with Crippen LogP contribution in [0.25, 0.3) is 0 Å². The van der Waals surface area contributed by atoms with E-state index in [-0.39, 0.29) is 12.5 Å². The normalized spacial score (nSPS) is 14.4. The van der Waals surface area contributed by atoms with E-state index in [4.69, 9.17) is 9.73 Å². The third-order valence-corrected chi connectivity index (χ3v) is 5.16. The number of benzene rings is 2. The van der Waals surface area contributed by atoms with Crippen molar-refractivity contribution in [2.24, 2.45) is 4.99 Å². The lowest BCUT2D eigenvalue weighted by molar-refractivity contribution is -0.127. The zero-order valence-electron chi connectivity index (χ0n) is 18.0. The lowest BCUT2D eigenvalue weighted by Gasteiger charge is -2.38. The predicted molar refractivity (Wildman–Crippen MR) is 121 cm³/mol. The molecule has 1 aliphatic heterocycles. The number of carbonyl (C=O) groups is 1. The average molecular weight is 410 g/mol. The van der Waals surface area contributed by atoms with Crippen molar-refractivity contribution in [1.29, 1.82) is 0 Å². The number of piperazine rings is 1. The number of nitrogens with one attached hydrogen (secondary N) is 1. The van der Waals surface area contributed by atoms with E-state index in [9.17, 15) is 4.79 Å². The first kappa shape index (κ1) is 21.5. The van der Waals surface area contributed by atoms with Crippen molar-refractivity contribution in [3.05, 3.63) is 60.2 Å². The van der Waals surface area contributed by atoms with Crippen molar-refractivity contribution in [2.45, 2.75) is 6.54 Å². The Balaban J connectivity index is 1.68. The van der Waals surface area contributed by atoms with Crippen LogP contribution in [-0.2, 0) is 11.3 Å². The number of likely N-dealkylation sites (N-methyl/N-ethyl adjacent to an activating group) is 1. The number of anilines is 1. The Hall–Kier alpha value is -3.22. The summed E-state index contributed by atoms with van der Waals surface area (Å²) in [4.78, 5) is 23.0. The maximum Gasteiger partial charge on any atom is 0.241 e. The number of para-hydroxylation sites is 2. The maximum atomic E-state index is 12.1. The van der Waals surface area contributed by atoms with Crippen molar-refractivity contribution in [3.63, 3.8) is 0 Å². The first-order valence-corrected chi connectivity index (χ1v) is 10.2. The van der Waals surface area contributed by atoms with Gasteiger partial charge in [-0.15, -0.1) is 0 Å². The molecule has 2 aromatic carbocycles. The molecule has 0 unspecified atom stereocenters. The second-order valence-corrected chi connectivity index (χ2v) is 7.41. The molecule has 0 saturated carbocycles. The highest BCUT2D eigenvalue weighted by atomic mass is 16.5. The molecular formula is C23H31N5O2. The quantitative estimate of drug-likeness (QED) is 0.585. The van der Waals surface area contributed by atoms with Crippen LogP contribution in [0.3, 0.4) is 0 Å². The van der Waals surface area contributed by atoms with Gasteiger partial charge >= 0.3 is 0 Å². The van der Waals surface area contributed by atoms with Gasteiger partial charge in [0.15, 0.2) is 5.96 Å². The van der Waals surface area contributed by atoms with E-state index in [1.54, 1.807) is 26.1 Å². The van der Waals surface area contributed by atoms with E-state index >= 15 is 0 Å². The van der Waals surface area contributed by atoms with E-state index in [1.165, 1.54) is 0 Å². The van der Waals surface area contributed by atoms with Gasteiger partial charge in [-0.25, -0.2) is 4.99 Å². The van der Waals surface area contributed by atoms with Gasteiger partial charge in [0.25, 0.3) is 0 Å². The van der Waals surface area contributed by atoms with Crippen LogP contribution in [0.2, 0.25) is 0 Å². The van der Waals surface area contributed by atoms with Gasteiger partial charge in [0.2, 0.25) is 5.91 Å². The van der Waals surface area contributed by atoms with E-state index in [1.807, 2.05) is 36.4 Å².